The van der Waals surface area contributed by atoms with Crippen LogP contribution >= 0.6 is 11.8 Å². The van der Waals surface area contributed by atoms with Crippen molar-refractivity contribution in [2.24, 2.45) is 0 Å². The molecule has 0 aliphatic rings. The number of rotatable bonds is 5. The molecule has 0 saturated carbocycles. The molecule has 1 aromatic carbocycles. The van der Waals surface area contributed by atoms with E-state index in [1.54, 1.807) is 51.3 Å². The average molecular weight is 378 g/mol. The van der Waals surface area contributed by atoms with Gasteiger partial charge < -0.3 is 9.30 Å². The molecule has 0 atom stereocenters. The van der Waals surface area contributed by atoms with Crippen LogP contribution in [0.3, 0.4) is 0 Å². The molecule has 2 aromatic rings. The van der Waals surface area contributed by atoms with Crippen molar-refractivity contribution in [2.45, 2.75) is 57.7 Å². The van der Waals surface area contributed by atoms with Crippen molar-refractivity contribution >= 4 is 17.7 Å². The maximum Gasteiger partial charge on any atom is 0.326 e. The van der Waals surface area contributed by atoms with Gasteiger partial charge in [-0.1, -0.05) is 23.9 Å². The number of hydrogen-bond donors (Lipinski definition) is 0. The van der Waals surface area contributed by atoms with Gasteiger partial charge in [-0.05, 0) is 52.3 Å². The van der Waals surface area contributed by atoms with Crippen molar-refractivity contribution < 1.29 is 13.9 Å². The van der Waals surface area contributed by atoms with E-state index in [0.29, 0.717) is 22.2 Å². The maximum atomic E-state index is 13.0. The zero-order valence-corrected chi connectivity index (χ0v) is 16.4. The summed E-state index contributed by atoms with van der Waals surface area (Å²) in [5.41, 5.74) is 1.17. The van der Waals surface area contributed by atoms with Gasteiger partial charge in [-0.2, -0.15) is 4.98 Å². The monoisotopic (exact) mass is 378 g/mol. The van der Waals surface area contributed by atoms with Crippen molar-refractivity contribution in [3.8, 4) is 0 Å². The fourth-order valence-electron chi connectivity index (χ4n) is 2.26. The zero-order valence-electron chi connectivity index (χ0n) is 15.6. The Bertz CT molecular complexity index is 855. The number of benzene rings is 1. The first-order valence-corrected chi connectivity index (χ1v) is 9.22. The molecular formula is C19H23FN2O3S. The van der Waals surface area contributed by atoms with Gasteiger partial charge >= 0.3 is 5.97 Å². The van der Waals surface area contributed by atoms with Crippen LogP contribution in [0.5, 0.6) is 0 Å². The second kappa shape index (κ2) is 8.03. The Morgan fingerprint density at radius 3 is 2.42 bits per heavy atom. The van der Waals surface area contributed by atoms with Crippen molar-refractivity contribution in [3.05, 3.63) is 57.3 Å². The Morgan fingerprint density at radius 2 is 1.85 bits per heavy atom. The highest BCUT2D eigenvalue weighted by Gasteiger charge is 2.20. The van der Waals surface area contributed by atoms with Gasteiger partial charge in [0.25, 0.3) is 5.56 Å². The van der Waals surface area contributed by atoms with E-state index < -0.39 is 11.6 Å². The predicted molar refractivity (Wildman–Crippen MR) is 99.8 cm³/mol. The third kappa shape index (κ3) is 5.42. The van der Waals surface area contributed by atoms with Crippen LogP contribution in [0.25, 0.3) is 0 Å². The quantitative estimate of drug-likeness (QED) is 0.452. The molecule has 1 aromatic heterocycles. The van der Waals surface area contributed by atoms with E-state index in [2.05, 4.69) is 4.98 Å². The number of aromatic nitrogens is 2. The lowest BCUT2D eigenvalue weighted by Crippen LogP contribution is -2.29. The topological polar surface area (TPSA) is 61.2 Å². The molecule has 0 saturated heterocycles. The molecule has 0 fully saturated rings. The van der Waals surface area contributed by atoms with Crippen LogP contribution < -0.4 is 5.56 Å². The van der Waals surface area contributed by atoms with Gasteiger partial charge in [0.1, 0.15) is 18.0 Å². The minimum absolute atomic E-state index is 0.0248. The number of nitrogens with zero attached hydrogens (tertiary/aromatic N) is 2. The van der Waals surface area contributed by atoms with E-state index in [-0.39, 0.29) is 17.9 Å². The molecule has 0 spiro atoms. The summed E-state index contributed by atoms with van der Waals surface area (Å²) in [4.78, 5) is 28.4. The summed E-state index contributed by atoms with van der Waals surface area (Å²) in [5.74, 6) is -0.192. The molecule has 0 amide bonds. The standard InChI is InChI=1S/C19H23FN2O3S/c1-12-13(2)22(10-16(23)25-19(3,4)5)18(21-17(12)24)26-11-14-6-8-15(20)9-7-14/h6-9H,10-11H2,1-5H3. The number of esters is 1. The third-order valence-corrected chi connectivity index (χ3v) is 4.73. The van der Waals surface area contributed by atoms with Crippen LogP contribution in [0.2, 0.25) is 0 Å². The van der Waals surface area contributed by atoms with Gasteiger partial charge in [-0.15, -0.1) is 0 Å². The lowest BCUT2D eigenvalue weighted by molar-refractivity contribution is -0.155. The second-order valence-electron chi connectivity index (χ2n) is 7.00. The Kier molecular flexibility index (Phi) is 6.23. The number of carbonyl (C=O) groups is 1. The van der Waals surface area contributed by atoms with E-state index in [4.69, 9.17) is 4.74 Å². The van der Waals surface area contributed by atoms with Gasteiger partial charge in [0.15, 0.2) is 5.16 Å². The Morgan fingerprint density at radius 1 is 1.23 bits per heavy atom. The first-order chi connectivity index (χ1) is 12.1. The summed E-state index contributed by atoms with van der Waals surface area (Å²) in [6.07, 6.45) is 0. The Hall–Kier alpha value is -2.15. The lowest BCUT2D eigenvalue weighted by Gasteiger charge is -2.22. The molecule has 0 bridgehead atoms. The number of carbonyl (C=O) groups excluding carboxylic acids is 1. The van der Waals surface area contributed by atoms with E-state index in [0.717, 1.165) is 5.56 Å². The molecule has 0 radical (unpaired) electrons. The summed E-state index contributed by atoms with van der Waals surface area (Å²) >= 11 is 1.32. The summed E-state index contributed by atoms with van der Waals surface area (Å²) in [7, 11) is 0. The number of hydrogen-bond acceptors (Lipinski definition) is 5. The maximum absolute atomic E-state index is 13.0. The SMILES string of the molecule is Cc1c(C)n(CC(=O)OC(C)(C)C)c(SCc2ccc(F)cc2)nc1=O. The van der Waals surface area contributed by atoms with Crippen LogP contribution in [0.1, 0.15) is 37.6 Å². The molecular weight excluding hydrogens is 355 g/mol. The zero-order chi connectivity index (χ0) is 19.5. The number of halogens is 1. The largest absolute Gasteiger partial charge is 0.459 e. The van der Waals surface area contributed by atoms with Crippen LogP contribution in [-0.2, 0) is 21.8 Å². The van der Waals surface area contributed by atoms with Crippen molar-refractivity contribution in [1.29, 1.82) is 0 Å². The molecule has 0 N–H and O–H groups in total. The van der Waals surface area contributed by atoms with E-state index in [9.17, 15) is 14.0 Å². The fourth-order valence-corrected chi connectivity index (χ4v) is 3.25. The summed E-state index contributed by atoms with van der Waals surface area (Å²) in [5, 5.41) is 0.438. The number of thioether (sulfide) groups is 1. The molecule has 7 heteroatoms. The highest BCUT2D eigenvalue weighted by Crippen LogP contribution is 2.22. The highest BCUT2D eigenvalue weighted by atomic mass is 32.2. The molecule has 26 heavy (non-hydrogen) atoms. The molecule has 5 nitrogen and oxygen atoms in total. The predicted octanol–water partition coefficient (Wildman–Crippen LogP) is 3.63. The van der Waals surface area contributed by atoms with Crippen LogP contribution in [-0.4, -0.2) is 21.1 Å². The molecule has 0 aliphatic heterocycles. The minimum atomic E-state index is -0.589. The van der Waals surface area contributed by atoms with Crippen molar-refractivity contribution in [3.63, 3.8) is 0 Å². The first kappa shape index (κ1) is 20.2. The first-order valence-electron chi connectivity index (χ1n) is 8.24. The fraction of sp³-hybridized carbons (Fsp3) is 0.421. The number of ether oxygens (including phenoxy) is 1. The van der Waals surface area contributed by atoms with Crippen molar-refractivity contribution in [2.75, 3.05) is 0 Å². The van der Waals surface area contributed by atoms with Crippen LogP contribution in [0.15, 0.2) is 34.2 Å². The Balaban J connectivity index is 2.27. The van der Waals surface area contributed by atoms with Crippen LogP contribution in [0.4, 0.5) is 4.39 Å². The van der Waals surface area contributed by atoms with E-state index in [1.807, 2.05) is 0 Å². The Labute approximate surface area is 156 Å². The smallest absolute Gasteiger partial charge is 0.326 e. The summed E-state index contributed by atoms with van der Waals surface area (Å²) < 4.78 is 20.1. The van der Waals surface area contributed by atoms with E-state index >= 15 is 0 Å². The average Bonchev–Trinajstić information content (AvgIpc) is 2.53. The van der Waals surface area contributed by atoms with Gasteiger partial charge in [-0.3, -0.25) is 9.59 Å². The minimum Gasteiger partial charge on any atom is -0.459 e. The molecule has 140 valence electrons. The molecule has 2 rings (SSSR count). The summed E-state index contributed by atoms with van der Waals surface area (Å²) in [6, 6.07) is 6.13. The van der Waals surface area contributed by atoms with Gasteiger partial charge in [-0.25, -0.2) is 4.39 Å². The van der Waals surface area contributed by atoms with Gasteiger partial charge in [0.2, 0.25) is 0 Å². The van der Waals surface area contributed by atoms with E-state index in [1.165, 1.54) is 23.9 Å². The third-order valence-electron chi connectivity index (χ3n) is 3.68. The molecule has 1 heterocycles. The van der Waals surface area contributed by atoms with Crippen molar-refractivity contribution in [1.82, 2.24) is 9.55 Å². The molecule has 0 unspecified atom stereocenters. The second-order valence-corrected chi connectivity index (χ2v) is 7.94. The molecule has 0 aliphatic carbocycles. The van der Waals surface area contributed by atoms with Crippen LogP contribution in [0, 0.1) is 19.7 Å². The van der Waals surface area contributed by atoms with Gasteiger partial charge in [0.05, 0.1) is 0 Å². The van der Waals surface area contributed by atoms with Gasteiger partial charge in [0, 0.05) is 17.0 Å². The lowest BCUT2D eigenvalue weighted by atomic mass is 10.2. The normalized spacial score (nSPS) is 11.5. The summed E-state index contributed by atoms with van der Waals surface area (Å²) in [6.45, 7) is 8.85. The highest BCUT2D eigenvalue weighted by molar-refractivity contribution is 7.98.